The van der Waals surface area contributed by atoms with Crippen molar-refractivity contribution in [2.75, 3.05) is 33.7 Å². The van der Waals surface area contributed by atoms with E-state index in [1.54, 1.807) is 0 Å². The predicted molar refractivity (Wildman–Crippen MR) is 77.0 cm³/mol. The molecule has 0 aliphatic carbocycles. The highest BCUT2D eigenvalue weighted by Gasteiger charge is 2.26. The van der Waals surface area contributed by atoms with E-state index in [-0.39, 0.29) is 12.5 Å². The molecule has 0 aromatic carbocycles. The van der Waals surface area contributed by atoms with Crippen LogP contribution in [-0.2, 0) is 11.2 Å². The Morgan fingerprint density at radius 3 is 2.95 bits per heavy atom. The van der Waals surface area contributed by atoms with E-state index in [0.29, 0.717) is 18.7 Å². The minimum Gasteiger partial charge on any atom is -0.481 e. The second kappa shape index (κ2) is 7.51. The predicted octanol–water partition coefficient (Wildman–Crippen LogP) is 1.18. The van der Waals surface area contributed by atoms with E-state index in [2.05, 4.69) is 34.0 Å². The highest BCUT2D eigenvalue weighted by Crippen LogP contribution is 2.21. The van der Waals surface area contributed by atoms with Crippen molar-refractivity contribution in [3.63, 3.8) is 0 Å². The quantitative estimate of drug-likeness (QED) is 0.789. The zero-order valence-corrected chi connectivity index (χ0v) is 12.8. The summed E-state index contributed by atoms with van der Waals surface area (Å²) in [4.78, 5) is 19.5. The molecule has 7 nitrogen and oxygen atoms in total. The first-order chi connectivity index (χ1) is 10.1. The van der Waals surface area contributed by atoms with Crippen molar-refractivity contribution in [2.45, 2.75) is 38.1 Å². The molecule has 1 unspecified atom stereocenters. The van der Waals surface area contributed by atoms with E-state index in [0.717, 1.165) is 38.3 Å². The molecule has 1 saturated heterocycles. The van der Waals surface area contributed by atoms with Gasteiger partial charge in [0.2, 0.25) is 5.89 Å². The molecule has 0 radical (unpaired) electrons. The van der Waals surface area contributed by atoms with Gasteiger partial charge in [0.1, 0.15) is 0 Å². The van der Waals surface area contributed by atoms with E-state index in [4.69, 9.17) is 9.63 Å². The van der Waals surface area contributed by atoms with E-state index in [9.17, 15) is 4.79 Å². The Hall–Kier alpha value is -1.47. The number of hydrogen-bond acceptors (Lipinski definition) is 6. The molecule has 0 spiro atoms. The van der Waals surface area contributed by atoms with Crippen LogP contribution in [0.4, 0.5) is 0 Å². The molecule has 0 amide bonds. The van der Waals surface area contributed by atoms with Gasteiger partial charge in [0.25, 0.3) is 0 Å². The normalized spacial score (nSPS) is 21.3. The van der Waals surface area contributed by atoms with Gasteiger partial charge < -0.3 is 14.5 Å². The number of rotatable bonds is 6. The number of aryl methyl sites for hydroxylation is 1. The summed E-state index contributed by atoms with van der Waals surface area (Å²) >= 11 is 0. The Bertz CT molecular complexity index is 463. The summed E-state index contributed by atoms with van der Waals surface area (Å²) < 4.78 is 5.30. The standard InChI is InChI=1S/C14H24N4O3/c1-17-8-5-9-18(2)11(10-17)14-15-12(21-16-14)6-3-4-7-13(19)20/h11H,3-10H2,1-2H3,(H,19,20). The third-order valence-corrected chi connectivity index (χ3v) is 3.88. The molecule has 1 aliphatic rings. The van der Waals surface area contributed by atoms with Crippen molar-refractivity contribution in [1.29, 1.82) is 0 Å². The van der Waals surface area contributed by atoms with Gasteiger partial charge in [-0.05, 0) is 46.4 Å². The Balaban J connectivity index is 1.90. The van der Waals surface area contributed by atoms with Gasteiger partial charge in [0.05, 0.1) is 6.04 Å². The fourth-order valence-corrected chi connectivity index (χ4v) is 2.61. The lowest BCUT2D eigenvalue weighted by molar-refractivity contribution is -0.137. The Morgan fingerprint density at radius 1 is 1.38 bits per heavy atom. The van der Waals surface area contributed by atoms with Gasteiger partial charge in [-0.25, -0.2) is 0 Å². The Labute approximate surface area is 124 Å². The summed E-state index contributed by atoms with van der Waals surface area (Å²) in [6.45, 7) is 3.01. The first-order valence-electron chi connectivity index (χ1n) is 7.49. The third-order valence-electron chi connectivity index (χ3n) is 3.88. The van der Waals surface area contributed by atoms with Crippen LogP contribution >= 0.6 is 0 Å². The summed E-state index contributed by atoms with van der Waals surface area (Å²) in [5, 5.41) is 12.7. The molecule has 21 heavy (non-hydrogen) atoms. The molecule has 1 fully saturated rings. The number of unbranched alkanes of at least 4 members (excludes halogenated alkanes) is 1. The summed E-state index contributed by atoms with van der Waals surface area (Å²) in [7, 11) is 4.20. The Kier molecular flexibility index (Phi) is 5.69. The number of carboxylic acids is 1. The lowest BCUT2D eigenvalue weighted by Gasteiger charge is -2.24. The van der Waals surface area contributed by atoms with Crippen LogP contribution in [0.3, 0.4) is 0 Å². The maximum absolute atomic E-state index is 10.5. The first kappa shape index (κ1) is 15.9. The number of likely N-dealkylation sites (N-methyl/N-ethyl adjacent to an activating group) is 2. The van der Waals surface area contributed by atoms with Gasteiger partial charge in [-0.3, -0.25) is 9.69 Å². The average Bonchev–Trinajstić information content (AvgIpc) is 2.82. The van der Waals surface area contributed by atoms with Crippen LogP contribution in [0.15, 0.2) is 4.52 Å². The van der Waals surface area contributed by atoms with Crippen molar-refractivity contribution in [2.24, 2.45) is 0 Å². The average molecular weight is 296 g/mol. The summed E-state index contributed by atoms with van der Waals surface area (Å²) in [5.74, 6) is 0.583. The topological polar surface area (TPSA) is 82.7 Å². The Morgan fingerprint density at radius 2 is 2.19 bits per heavy atom. The molecule has 1 N–H and O–H groups in total. The van der Waals surface area contributed by atoms with E-state index in [1.807, 2.05) is 0 Å². The highest BCUT2D eigenvalue weighted by molar-refractivity contribution is 5.66. The van der Waals surface area contributed by atoms with Gasteiger partial charge >= 0.3 is 5.97 Å². The SMILES string of the molecule is CN1CCCN(C)C(c2noc(CCCCC(=O)O)n2)C1. The summed E-state index contributed by atoms with van der Waals surface area (Å²) in [5.41, 5.74) is 0. The molecule has 2 heterocycles. The lowest BCUT2D eigenvalue weighted by atomic mass is 10.2. The monoisotopic (exact) mass is 296 g/mol. The molecule has 118 valence electrons. The van der Waals surface area contributed by atoms with Crippen molar-refractivity contribution in [1.82, 2.24) is 19.9 Å². The fraction of sp³-hybridized carbons (Fsp3) is 0.786. The van der Waals surface area contributed by atoms with Crippen molar-refractivity contribution < 1.29 is 14.4 Å². The van der Waals surface area contributed by atoms with Crippen molar-refractivity contribution in [3.05, 3.63) is 11.7 Å². The zero-order chi connectivity index (χ0) is 15.2. The molecule has 1 aromatic rings. The number of carboxylic acid groups (broad SMARTS) is 1. The van der Waals surface area contributed by atoms with Gasteiger partial charge in [0.15, 0.2) is 5.82 Å². The van der Waals surface area contributed by atoms with Crippen LogP contribution in [0.2, 0.25) is 0 Å². The summed E-state index contributed by atoms with van der Waals surface area (Å²) in [6, 6.07) is 0.161. The minimum absolute atomic E-state index is 0.161. The van der Waals surface area contributed by atoms with Gasteiger partial charge in [-0.2, -0.15) is 4.98 Å². The first-order valence-corrected chi connectivity index (χ1v) is 7.49. The second-order valence-corrected chi connectivity index (χ2v) is 5.76. The molecular weight excluding hydrogens is 272 g/mol. The molecule has 7 heteroatoms. The van der Waals surface area contributed by atoms with E-state index >= 15 is 0 Å². The van der Waals surface area contributed by atoms with Crippen LogP contribution in [-0.4, -0.2) is 64.7 Å². The fourth-order valence-electron chi connectivity index (χ4n) is 2.61. The van der Waals surface area contributed by atoms with Crippen molar-refractivity contribution >= 4 is 5.97 Å². The van der Waals surface area contributed by atoms with Crippen LogP contribution in [0.5, 0.6) is 0 Å². The largest absolute Gasteiger partial charge is 0.481 e. The van der Waals surface area contributed by atoms with Gasteiger partial charge in [-0.15, -0.1) is 0 Å². The summed E-state index contributed by atoms with van der Waals surface area (Å²) in [6.07, 6.45) is 3.38. The molecule has 1 aromatic heterocycles. The number of aliphatic carboxylic acids is 1. The van der Waals surface area contributed by atoms with Crippen LogP contribution < -0.4 is 0 Å². The highest BCUT2D eigenvalue weighted by atomic mass is 16.5. The second-order valence-electron chi connectivity index (χ2n) is 5.76. The minimum atomic E-state index is -0.760. The number of aromatic nitrogens is 2. The van der Waals surface area contributed by atoms with E-state index < -0.39 is 5.97 Å². The lowest BCUT2D eigenvalue weighted by Crippen LogP contribution is -2.31. The number of hydrogen-bond donors (Lipinski definition) is 1. The van der Waals surface area contributed by atoms with Crippen LogP contribution in [0, 0.1) is 0 Å². The molecule has 0 saturated carbocycles. The van der Waals surface area contributed by atoms with Crippen LogP contribution in [0.25, 0.3) is 0 Å². The maximum atomic E-state index is 10.5. The molecule has 1 aliphatic heterocycles. The van der Waals surface area contributed by atoms with Gasteiger partial charge in [0, 0.05) is 19.4 Å². The zero-order valence-electron chi connectivity index (χ0n) is 12.8. The third kappa shape index (κ3) is 4.78. The molecule has 0 bridgehead atoms. The maximum Gasteiger partial charge on any atom is 0.303 e. The smallest absolute Gasteiger partial charge is 0.303 e. The van der Waals surface area contributed by atoms with Crippen molar-refractivity contribution in [3.8, 4) is 0 Å². The van der Waals surface area contributed by atoms with E-state index in [1.165, 1.54) is 0 Å². The number of carbonyl (C=O) groups is 1. The number of nitrogens with zero attached hydrogens (tertiary/aromatic N) is 4. The van der Waals surface area contributed by atoms with Crippen LogP contribution in [0.1, 0.15) is 43.4 Å². The molecule has 1 atom stereocenters. The molecule has 2 rings (SSSR count). The molecular formula is C14H24N4O3. The van der Waals surface area contributed by atoms with Gasteiger partial charge in [-0.1, -0.05) is 5.16 Å².